The molecule has 0 aliphatic rings. The van der Waals surface area contributed by atoms with Crippen LogP contribution in [0.1, 0.15) is 51.2 Å². The molecule has 0 bridgehead atoms. The van der Waals surface area contributed by atoms with Crippen LogP contribution in [0, 0.1) is 0 Å². The van der Waals surface area contributed by atoms with Crippen molar-refractivity contribution in [1.82, 2.24) is 4.90 Å². The molecule has 0 fully saturated rings. The lowest BCUT2D eigenvalue weighted by atomic mass is 9.86. The van der Waals surface area contributed by atoms with Gasteiger partial charge in [0.2, 0.25) is 0 Å². The molecule has 0 saturated heterocycles. The highest BCUT2D eigenvalue weighted by Gasteiger charge is 2.23. The van der Waals surface area contributed by atoms with E-state index in [-0.39, 0.29) is 28.9 Å². The molecule has 0 atom stereocenters. The van der Waals surface area contributed by atoms with Crippen molar-refractivity contribution in [2.75, 3.05) is 6.54 Å². The van der Waals surface area contributed by atoms with Crippen molar-refractivity contribution >= 4 is 0 Å². The van der Waals surface area contributed by atoms with Crippen molar-refractivity contribution in [2.45, 2.75) is 52.1 Å². The predicted octanol–water partition coefficient (Wildman–Crippen LogP) is 4.15. The molecule has 0 aliphatic heterocycles. The minimum Gasteiger partial charge on any atom is -0.508 e. The number of benzene rings is 2. The number of hydrogen-bond donors (Lipinski definition) is 4. The Labute approximate surface area is 155 Å². The number of hydrogen-bond acceptors (Lipinski definition) is 5. The van der Waals surface area contributed by atoms with Crippen LogP contribution in [-0.4, -0.2) is 44.0 Å². The maximum Gasteiger partial charge on any atom is 0.123 e. The Balaban J connectivity index is 2.41. The third kappa shape index (κ3) is 4.61. The fraction of sp³-hybridized carbons (Fsp3) is 0.429. The Hall–Kier alpha value is -2.40. The molecule has 0 heterocycles. The van der Waals surface area contributed by atoms with E-state index in [2.05, 4.69) is 32.6 Å². The lowest BCUT2D eigenvalue weighted by Gasteiger charge is -2.32. The fourth-order valence-corrected chi connectivity index (χ4v) is 3.52. The Kier molecular flexibility index (Phi) is 6.37. The smallest absolute Gasteiger partial charge is 0.123 e. The van der Waals surface area contributed by atoms with E-state index in [1.807, 2.05) is 0 Å². The van der Waals surface area contributed by atoms with Crippen molar-refractivity contribution < 1.29 is 20.4 Å². The Bertz CT molecular complexity index is 683. The van der Waals surface area contributed by atoms with E-state index in [0.29, 0.717) is 29.6 Å². The number of aromatic hydroxyl groups is 4. The molecule has 0 saturated carbocycles. The molecule has 0 aliphatic carbocycles. The molecule has 5 heteroatoms. The molecule has 0 radical (unpaired) electrons. The SMILES string of the molecule is CC(C)N(CCC(c1ccc(O)cc1O)c1ccc(O)cc1O)C(C)C. The Morgan fingerprint density at radius 2 is 1.15 bits per heavy atom. The van der Waals surface area contributed by atoms with Crippen LogP contribution in [-0.2, 0) is 0 Å². The van der Waals surface area contributed by atoms with Gasteiger partial charge in [0.15, 0.2) is 0 Å². The molecule has 5 nitrogen and oxygen atoms in total. The molecule has 2 aromatic rings. The summed E-state index contributed by atoms with van der Waals surface area (Å²) in [6, 6.07) is 9.78. The van der Waals surface area contributed by atoms with Gasteiger partial charge in [-0.25, -0.2) is 0 Å². The fourth-order valence-electron chi connectivity index (χ4n) is 3.52. The van der Waals surface area contributed by atoms with Gasteiger partial charge in [0, 0.05) is 41.3 Å². The van der Waals surface area contributed by atoms with E-state index in [4.69, 9.17) is 0 Å². The number of phenols is 4. The summed E-state index contributed by atoms with van der Waals surface area (Å²) in [5, 5.41) is 39.9. The highest BCUT2D eigenvalue weighted by molar-refractivity contribution is 5.50. The van der Waals surface area contributed by atoms with E-state index < -0.39 is 0 Å². The van der Waals surface area contributed by atoms with Gasteiger partial charge in [-0.2, -0.15) is 0 Å². The van der Waals surface area contributed by atoms with Gasteiger partial charge in [-0.05, 0) is 52.8 Å². The van der Waals surface area contributed by atoms with Gasteiger partial charge in [0.1, 0.15) is 23.0 Å². The van der Waals surface area contributed by atoms with Crippen molar-refractivity contribution in [1.29, 1.82) is 0 Å². The molecule has 0 spiro atoms. The Morgan fingerprint density at radius 1 is 0.731 bits per heavy atom. The van der Waals surface area contributed by atoms with Gasteiger partial charge in [-0.1, -0.05) is 12.1 Å². The minimum absolute atomic E-state index is 0.00841. The maximum atomic E-state index is 10.3. The lowest BCUT2D eigenvalue weighted by molar-refractivity contribution is 0.170. The predicted molar refractivity (Wildman–Crippen MR) is 103 cm³/mol. The van der Waals surface area contributed by atoms with E-state index in [0.717, 1.165) is 6.54 Å². The van der Waals surface area contributed by atoms with E-state index in [1.165, 1.54) is 24.3 Å². The van der Waals surface area contributed by atoms with Gasteiger partial charge in [-0.15, -0.1) is 0 Å². The second-order valence-corrected chi connectivity index (χ2v) is 7.25. The normalized spacial score (nSPS) is 11.8. The number of rotatable bonds is 7. The van der Waals surface area contributed by atoms with E-state index >= 15 is 0 Å². The average molecular weight is 359 g/mol. The van der Waals surface area contributed by atoms with E-state index in [9.17, 15) is 20.4 Å². The quantitative estimate of drug-likeness (QED) is 0.597. The summed E-state index contributed by atoms with van der Waals surface area (Å²) >= 11 is 0. The molecular weight excluding hydrogens is 330 g/mol. The molecule has 0 unspecified atom stereocenters. The number of phenolic OH excluding ortho intramolecular Hbond substituents is 4. The zero-order valence-electron chi connectivity index (χ0n) is 15.8. The lowest BCUT2D eigenvalue weighted by Crippen LogP contribution is -2.38. The molecule has 26 heavy (non-hydrogen) atoms. The molecule has 0 aromatic heterocycles. The first kappa shape index (κ1) is 19.9. The van der Waals surface area contributed by atoms with Crippen molar-refractivity contribution in [3.8, 4) is 23.0 Å². The summed E-state index contributed by atoms with van der Waals surface area (Å²) in [4.78, 5) is 2.35. The topological polar surface area (TPSA) is 84.2 Å². The molecule has 142 valence electrons. The summed E-state index contributed by atoms with van der Waals surface area (Å²) in [5.74, 6) is -0.306. The minimum atomic E-state index is -0.267. The van der Waals surface area contributed by atoms with Crippen LogP contribution >= 0.6 is 0 Å². The summed E-state index contributed by atoms with van der Waals surface area (Å²) in [7, 11) is 0. The van der Waals surface area contributed by atoms with Crippen LogP contribution in [0.25, 0.3) is 0 Å². The third-order valence-electron chi connectivity index (χ3n) is 4.78. The second-order valence-electron chi connectivity index (χ2n) is 7.25. The first-order valence-electron chi connectivity index (χ1n) is 9.00. The zero-order valence-corrected chi connectivity index (χ0v) is 15.8. The molecule has 2 rings (SSSR count). The van der Waals surface area contributed by atoms with Gasteiger partial charge in [0.25, 0.3) is 0 Å². The van der Waals surface area contributed by atoms with Crippen LogP contribution in [0.5, 0.6) is 23.0 Å². The van der Waals surface area contributed by atoms with Crippen LogP contribution in [0.15, 0.2) is 36.4 Å². The molecule has 2 aromatic carbocycles. The van der Waals surface area contributed by atoms with Gasteiger partial charge >= 0.3 is 0 Å². The van der Waals surface area contributed by atoms with Crippen molar-refractivity contribution in [3.05, 3.63) is 47.5 Å². The van der Waals surface area contributed by atoms with Crippen LogP contribution < -0.4 is 0 Å². The maximum absolute atomic E-state index is 10.3. The van der Waals surface area contributed by atoms with Gasteiger partial charge in [0.05, 0.1) is 0 Å². The summed E-state index contributed by atoms with van der Waals surface area (Å²) in [6.07, 6.45) is 0.674. The first-order chi connectivity index (χ1) is 12.2. The zero-order chi connectivity index (χ0) is 19.4. The van der Waals surface area contributed by atoms with Crippen LogP contribution in [0.2, 0.25) is 0 Å². The van der Waals surface area contributed by atoms with Gasteiger partial charge < -0.3 is 20.4 Å². The third-order valence-corrected chi connectivity index (χ3v) is 4.78. The second kappa shape index (κ2) is 8.32. The molecule has 0 amide bonds. The first-order valence-corrected chi connectivity index (χ1v) is 9.00. The summed E-state index contributed by atoms with van der Waals surface area (Å²) in [5.41, 5.74) is 1.27. The monoisotopic (exact) mass is 359 g/mol. The van der Waals surface area contributed by atoms with Crippen LogP contribution in [0.4, 0.5) is 0 Å². The number of nitrogens with zero attached hydrogens (tertiary/aromatic N) is 1. The molecule has 4 N–H and O–H groups in total. The standard InChI is InChI=1S/C21H29NO4/c1-13(2)22(14(3)4)10-9-17(18-7-5-15(23)11-20(18)25)19-8-6-16(24)12-21(19)26/h5-8,11-14,17,23-26H,9-10H2,1-4H3. The summed E-state index contributed by atoms with van der Waals surface area (Å²) < 4.78 is 0. The highest BCUT2D eigenvalue weighted by atomic mass is 16.3. The molecular formula is C21H29NO4. The average Bonchev–Trinajstić information content (AvgIpc) is 2.52. The van der Waals surface area contributed by atoms with Crippen molar-refractivity contribution in [2.24, 2.45) is 0 Å². The van der Waals surface area contributed by atoms with Crippen LogP contribution in [0.3, 0.4) is 0 Å². The van der Waals surface area contributed by atoms with Crippen molar-refractivity contribution in [3.63, 3.8) is 0 Å². The largest absolute Gasteiger partial charge is 0.508 e. The Morgan fingerprint density at radius 3 is 1.50 bits per heavy atom. The van der Waals surface area contributed by atoms with E-state index in [1.54, 1.807) is 12.1 Å². The van der Waals surface area contributed by atoms with Gasteiger partial charge in [-0.3, -0.25) is 4.90 Å². The highest BCUT2D eigenvalue weighted by Crippen LogP contribution is 2.40. The summed E-state index contributed by atoms with van der Waals surface area (Å²) in [6.45, 7) is 9.35.